The Morgan fingerprint density at radius 2 is 2.20 bits per heavy atom. The molecule has 1 aromatic heterocycles. The molecule has 0 spiro atoms. The quantitative estimate of drug-likeness (QED) is 0.349. The minimum absolute atomic E-state index is 0. The van der Waals surface area contributed by atoms with E-state index in [2.05, 4.69) is 46.5 Å². The van der Waals surface area contributed by atoms with E-state index >= 15 is 0 Å². The van der Waals surface area contributed by atoms with E-state index in [1.807, 2.05) is 6.07 Å². The van der Waals surface area contributed by atoms with Crippen LogP contribution in [0.25, 0.3) is 0 Å². The van der Waals surface area contributed by atoms with Crippen LogP contribution in [0.4, 0.5) is 0 Å². The zero-order valence-corrected chi connectivity index (χ0v) is 17.9. The molecule has 8 heteroatoms. The average Bonchev–Trinajstić information content (AvgIpc) is 3.07. The summed E-state index contributed by atoms with van der Waals surface area (Å²) in [6.07, 6.45) is 4.13. The number of halogens is 1. The minimum Gasteiger partial charge on any atom is -0.377 e. The second-order valence-corrected chi connectivity index (χ2v) is 6.37. The van der Waals surface area contributed by atoms with Crippen LogP contribution in [-0.4, -0.2) is 60.9 Å². The predicted molar refractivity (Wildman–Crippen MR) is 110 cm³/mol. The van der Waals surface area contributed by atoms with Crippen LogP contribution in [0.15, 0.2) is 21.8 Å². The molecular formula is C17H32IN5O2. The molecule has 2 N–H and O–H groups in total. The summed E-state index contributed by atoms with van der Waals surface area (Å²) in [6.45, 7) is 11.6. The van der Waals surface area contributed by atoms with Gasteiger partial charge in [0.05, 0.1) is 19.3 Å². The summed E-state index contributed by atoms with van der Waals surface area (Å²) in [4.78, 5) is 7.05. The van der Waals surface area contributed by atoms with Crippen molar-refractivity contribution in [1.82, 2.24) is 20.7 Å². The largest absolute Gasteiger partial charge is 0.377 e. The van der Waals surface area contributed by atoms with E-state index in [0.717, 1.165) is 57.3 Å². The Hall–Kier alpha value is -0.870. The Labute approximate surface area is 168 Å². The molecule has 0 aliphatic carbocycles. The normalized spacial score (nSPS) is 16.7. The first-order valence-corrected chi connectivity index (χ1v) is 8.95. The lowest BCUT2D eigenvalue weighted by atomic mass is 10.1. The number of guanidine groups is 1. The number of hydrogen-bond donors (Lipinski definition) is 2. The monoisotopic (exact) mass is 465 g/mol. The molecule has 1 aromatic rings. The molecule has 2 rings (SSSR count). The van der Waals surface area contributed by atoms with Gasteiger partial charge in [0.1, 0.15) is 12.0 Å². The first-order valence-electron chi connectivity index (χ1n) is 8.95. The fourth-order valence-electron chi connectivity index (χ4n) is 2.71. The maximum absolute atomic E-state index is 5.64. The summed E-state index contributed by atoms with van der Waals surface area (Å²) in [5, 5.41) is 10.7. The summed E-state index contributed by atoms with van der Waals surface area (Å²) in [7, 11) is 0. The highest BCUT2D eigenvalue weighted by Gasteiger charge is 2.19. The second-order valence-electron chi connectivity index (χ2n) is 6.37. The van der Waals surface area contributed by atoms with Crippen LogP contribution in [0.2, 0.25) is 0 Å². The van der Waals surface area contributed by atoms with Crippen molar-refractivity contribution in [1.29, 1.82) is 0 Å². The number of ether oxygens (including phenoxy) is 1. The highest BCUT2D eigenvalue weighted by Crippen LogP contribution is 2.10. The maximum Gasteiger partial charge on any atom is 0.191 e. The van der Waals surface area contributed by atoms with Crippen LogP contribution in [0.1, 0.15) is 39.3 Å². The molecule has 0 atom stereocenters. The van der Waals surface area contributed by atoms with Gasteiger partial charge < -0.3 is 24.8 Å². The zero-order valence-electron chi connectivity index (χ0n) is 15.5. The van der Waals surface area contributed by atoms with Crippen LogP contribution >= 0.6 is 24.0 Å². The van der Waals surface area contributed by atoms with Crippen LogP contribution < -0.4 is 10.6 Å². The number of rotatable bonds is 8. The smallest absolute Gasteiger partial charge is 0.191 e. The molecular weight excluding hydrogens is 433 g/mol. The van der Waals surface area contributed by atoms with Crippen molar-refractivity contribution in [3.63, 3.8) is 0 Å². The molecule has 25 heavy (non-hydrogen) atoms. The highest BCUT2D eigenvalue weighted by molar-refractivity contribution is 14.0. The Balaban J connectivity index is 0.00000312. The van der Waals surface area contributed by atoms with Crippen molar-refractivity contribution in [3.8, 4) is 0 Å². The van der Waals surface area contributed by atoms with Crippen molar-refractivity contribution in [2.45, 2.75) is 52.3 Å². The first kappa shape index (κ1) is 22.2. The number of aliphatic imine (C=N–C) groups is 1. The summed E-state index contributed by atoms with van der Waals surface area (Å²) in [5.41, 5.74) is 0.840. The van der Waals surface area contributed by atoms with Gasteiger partial charge in [0.2, 0.25) is 0 Å². The molecule has 0 amide bonds. The fourth-order valence-corrected chi connectivity index (χ4v) is 2.71. The van der Waals surface area contributed by atoms with E-state index in [-0.39, 0.29) is 24.0 Å². The van der Waals surface area contributed by atoms with Crippen molar-refractivity contribution >= 4 is 29.9 Å². The lowest BCUT2D eigenvalue weighted by molar-refractivity contribution is 0.0532. The van der Waals surface area contributed by atoms with Crippen LogP contribution in [-0.2, 0) is 11.3 Å². The number of aromatic nitrogens is 1. The molecule has 1 aliphatic rings. The lowest BCUT2D eigenvalue weighted by Gasteiger charge is -2.33. The molecule has 0 saturated carbocycles. The number of nitrogens with zero attached hydrogens (tertiary/aromatic N) is 3. The van der Waals surface area contributed by atoms with E-state index in [9.17, 15) is 0 Å². The standard InChI is InChI=1S/C17H31N5O2.HI/c1-4-18-17(19-13-16-7-11-24-21-16)20-15-5-8-22(9-6-15)10-12-23-14(2)3;/h7,11,14-15H,4-6,8-10,12-13H2,1-3H3,(H2,18,19,20);1H. The van der Waals surface area contributed by atoms with Gasteiger partial charge in [0.25, 0.3) is 0 Å². The van der Waals surface area contributed by atoms with Gasteiger partial charge in [-0.05, 0) is 33.6 Å². The van der Waals surface area contributed by atoms with Gasteiger partial charge >= 0.3 is 0 Å². The SMILES string of the molecule is CCNC(=NCc1ccon1)NC1CCN(CCOC(C)C)CC1.I. The van der Waals surface area contributed by atoms with Gasteiger partial charge in [0.15, 0.2) is 5.96 Å². The third kappa shape index (κ3) is 8.87. The Kier molecular flexibility index (Phi) is 11.1. The summed E-state index contributed by atoms with van der Waals surface area (Å²) < 4.78 is 10.5. The number of nitrogens with one attached hydrogen (secondary N) is 2. The second kappa shape index (κ2) is 12.5. The number of piperidine rings is 1. The highest BCUT2D eigenvalue weighted by atomic mass is 127. The van der Waals surface area contributed by atoms with Gasteiger partial charge in [-0.15, -0.1) is 24.0 Å². The molecule has 1 saturated heterocycles. The predicted octanol–water partition coefficient (Wildman–Crippen LogP) is 2.24. The van der Waals surface area contributed by atoms with Gasteiger partial charge in [-0.25, -0.2) is 4.99 Å². The molecule has 1 aliphatic heterocycles. The average molecular weight is 465 g/mol. The third-order valence-corrected chi connectivity index (χ3v) is 4.02. The van der Waals surface area contributed by atoms with E-state index in [1.54, 1.807) is 6.26 Å². The summed E-state index contributed by atoms with van der Waals surface area (Å²) in [6, 6.07) is 2.30. The maximum atomic E-state index is 5.64. The third-order valence-electron chi connectivity index (χ3n) is 4.02. The van der Waals surface area contributed by atoms with E-state index in [1.165, 1.54) is 0 Å². The summed E-state index contributed by atoms with van der Waals surface area (Å²) >= 11 is 0. The summed E-state index contributed by atoms with van der Waals surface area (Å²) in [5.74, 6) is 0.849. The lowest BCUT2D eigenvalue weighted by Crippen LogP contribution is -2.49. The number of hydrogen-bond acceptors (Lipinski definition) is 5. The molecule has 0 radical (unpaired) electrons. The molecule has 2 heterocycles. The van der Waals surface area contributed by atoms with Crippen molar-refractivity contribution in [2.75, 3.05) is 32.8 Å². The number of likely N-dealkylation sites (tertiary alicyclic amines) is 1. The Morgan fingerprint density at radius 1 is 1.44 bits per heavy atom. The molecule has 0 aromatic carbocycles. The van der Waals surface area contributed by atoms with Crippen molar-refractivity contribution < 1.29 is 9.26 Å². The minimum atomic E-state index is 0. The van der Waals surface area contributed by atoms with Crippen LogP contribution in [0, 0.1) is 0 Å². The molecule has 144 valence electrons. The zero-order chi connectivity index (χ0) is 17.2. The molecule has 0 bridgehead atoms. The van der Waals surface area contributed by atoms with E-state index in [4.69, 9.17) is 9.26 Å². The topological polar surface area (TPSA) is 74.9 Å². The molecule has 1 fully saturated rings. The fraction of sp³-hybridized carbons (Fsp3) is 0.765. The Morgan fingerprint density at radius 3 is 2.80 bits per heavy atom. The Bertz CT molecular complexity index is 473. The van der Waals surface area contributed by atoms with Gasteiger partial charge in [-0.1, -0.05) is 5.16 Å². The van der Waals surface area contributed by atoms with Gasteiger partial charge in [-0.3, -0.25) is 0 Å². The van der Waals surface area contributed by atoms with Crippen LogP contribution in [0.5, 0.6) is 0 Å². The van der Waals surface area contributed by atoms with Gasteiger partial charge in [0, 0.05) is 38.3 Å². The van der Waals surface area contributed by atoms with Crippen molar-refractivity contribution in [2.24, 2.45) is 4.99 Å². The first-order chi connectivity index (χ1) is 11.7. The van der Waals surface area contributed by atoms with E-state index < -0.39 is 0 Å². The molecule has 0 unspecified atom stereocenters. The van der Waals surface area contributed by atoms with E-state index in [0.29, 0.717) is 18.7 Å². The van der Waals surface area contributed by atoms with Gasteiger partial charge in [-0.2, -0.15) is 0 Å². The van der Waals surface area contributed by atoms with Crippen molar-refractivity contribution in [3.05, 3.63) is 18.0 Å². The van der Waals surface area contributed by atoms with Crippen LogP contribution in [0.3, 0.4) is 0 Å². The molecule has 7 nitrogen and oxygen atoms in total.